The van der Waals surface area contributed by atoms with Crippen LogP contribution in [0.25, 0.3) is 0 Å². The van der Waals surface area contributed by atoms with Crippen molar-refractivity contribution in [2.45, 2.75) is 31.7 Å². The van der Waals surface area contributed by atoms with Gasteiger partial charge >= 0.3 is 0 Å². The van der Waals surface area contributed by atoms with Gasteiger partial charge in [0.05, 0.1) is 19.6 Å². The fourth-order valence-corrected chi connectivity index (χ4v) is 3.17. The fourth-order valence-electron chi connectivity index (χ4n) is 3.17. The van der Waals surface area contributed by atoms with Gasteiger partial charge in [0.25, 0.3) is 0 Å². The number of rotatable bonds is 4. The van der Waals surface area contributed by atoms with E-state index in [-0.39, 0.29) is 11.9 Å². The van der Waals surface area contributed by atoms with Gasteiger partial charge in [-0.2, -0.15) is 0 Å². The lowest BCUT2D eigenvalue weighted by Gasteiger charge is -2.26. The summed E-state index contributed by atoms with van der Waals surface area (Å²) < 4.78 is 5.31. The fraction of sp³-hybridized carbons (Fsp3) is 0.316. The minimum atomic E-state index is 0.0474. The Bertz CT molecular complexity index is 666. The summed E-state index contributed by atoms with van der Waals surface area (Å²) in [4.78, 5) is 12.4. The first-order chi connectivity index (χ1) is 10.8. The molecule has 0 radical (unpaired) electrons. The molecular weight excluding hydrogens is 274 g/mol. The monoisotopic (exact) mass is 295 g/mol. The minimum Gasteiger partial charge on any atom is -0.496 e. The third-order valence-electron chi connectivity index (χ3n) is 4.25. The summed E-state index contributed by atoms with van der Waals surface area (Å²) in [6.45, 7) is 0. The summed E-state index contributed by atoms with van der Waals surface area (Å²) in [5, 5.41) is 3.18. The molecule has 3 heteroatoms. The van der Waals surface area contributed by atoms with Crippen molar-refractivity contribution in [1.29, 1.82) is 0 Å². The highest BCUT2D eigenvalue weighted by molar-refractivity contribution is 5.79. The van der Waals surface area contributed by atoms with Crippen LogP contribution in [-0.2, 0) is 17.6 Å². The number of aryl methyl sites for hydroxylation is 1. The Labute approximate surface area is 131 Å². The topological polar surface area (TPSA) is 38.3 Å². The molecule has 0 heterocycles. The Hall–Kier alpha value is -2.29. The lowest BCUT2D eigenvalue weighted by molar-refractivity contribution is -0.121. The molecule has 0 saturated carbocycles. The first kappa shape index (κ1) is 14.6. The van der Waals surface area contributed by atoms with E-state index in [0.29, 0.717) is 6.42 Å². The summed E-state index contributed by atoms with van der Waals surface area (Å²) >= 11 is 0. The lowest BCUT2D eigenvalue weighted by atomic mass is 9.87. The Morgan fingerprint density at radius 2 is 1.95 bits per heavy atom. The molecule has 0 unspecified atom stereocenters. The van der Waals surface area contributed by atoms with Crippen LogP contribution in [0.2, 0.25) is 0 Å². The quantitative estimate of drug-likeness (QED) is 0.938. The van der Waals surface area contributed by atoms with E-state index in [9.17, 15) is 4.79 Å². The second-order valence-electron chi connectivity index (χ2n) is 5.70. The minimum absolute atomic E-state index is 0.0474. The molecule has 1 aliphatic rings. The van der Waals surface area contributed by atoms with E-state index in [0.717, 1.165) is 30.6 Å². The first-order valence-electron chi connectivity index (χ1n) is 7.77. The van der Waals surface area contributed by atoms with Gasteiger partial charge in [-0.25, -0.2) is 0 Å². The molecule has 1 aliphatic carbocycles. The third-order valence-corrected chi connectivity index (χ3v) is 4.25. The van der Waals surface area contributed by atoms with Crippen LogP contribution in [0.1, 0.15) is 35.6 Å². The molecule has 3 rings (SSSR count). The van der Waals surface area contributed by atoms with Crippen molar-refractivity contribution in [1.82, 2.24) is 5.32 Å². The number of carbonyl (C=O) groups is 1. The Kier molecular flexibility index (Phi) is 4.42. The van der Waals surface area contributed by atoms with Gasteiger partial charge in [-0.1, -0.05) is 42.5 Å². The summed E-state index contributed by atoms with van der Waals surface area (Å²) in [6.07, 6.45) is 3.59. The molecule has 1 N–H and O–H groups in total. The molecule has 0 spiro atoms. The van der Waals surface area contributed by atoms with Crippen molar-refractivity contribution in [2.24, 2.45) is 0 Å². The van der Waals surface area contributed by atoms with Gasteiger partial charge in [0.2, 0.25) is 5.91 Å². The highest BCUT2D eigenvalue weighted by Crippen LogP contribution is 2.29. The number of nitrogens with one attached hydrogen (secondary N) is 1. The Morgan fingerprint density at radius 3 is 2.82 bits per heavy atom. The standard InChI is InChI=1S/C19H21NO2/c1-22-18-12-5-3-8-15(18)13-19(21)20-17-11-6-9-14-7-2-4-10-16(14)17/h2-5,7-8,10,12,17H,6,9,11,13H2,1H3,(H,20,21)/t17-/m0/s1. The van der Waals surface area contributed by atoms with Crippen LogP contribution < -0.4 is 10.1 Å². The van der Waals surface area contributed by atoms with Crippen LogP contribution in [0.5, 0.6) is 5.75 Å². The zero-order valence-corrected chi connectivity index (χ0v) is 12.8. The maximum atomic E-state index is 12.4. The normalized spacial score (nSPS) is 16.7. The Balaban J connectivity index is 1.70. The SMILES string of the molecule is COc1ccccc1CC(=O)N[C@H]1CCCc2ccccc21. The summed E-state index contributed by atoms with van der Waals surface area (Å²) in [5.74, 6) is 0.813. The second kappa shape index (κ2) is 6.65. The highest BCUT2D eigenvalue weighted by Gasteiger charge is 2.21. The van der Waals surface area contributed by atoms with Crippen molar-refractivity contribution in [3.63, 3.8) is 0 Å². The molecule has 2 aromatic carbocycles. The molecule has 2 aromatic rings. The number of methoxy groups -OCH3 is 1. The summed E-state index contributed by atoms with van der Waals surface area (Å²) in [6, 6.07) is 16.2. The molecule has 3 nitrogen and oxygen atoms in total. The number of hydrogen-bond acceptors (Lipinski definition) is 2. The van der Waals surface area contributed by atoms with Gasteiger partial charge in [-0.05, 0) is 36.5 Å². The first-order valence-corrected chi connectivity index (χ1v) is 7.77. The maximum absolute atomic E-state index is 12.4. The third kappa shape index (κ3) is 3.14. The van der Waals surface area contributed by atoms with Gasteiger partial charge in [0.15, 0.2) is 0 Å². The van der Waals surface area contributed by atoms with Gasteiger partial charge in [-0.3, -0.25) is 4.79 Å². The summed E-state index contributed by atoms with van der Waals surface area (Å²) in [5.41, 5.74) is 3.55. The Morgan fingerprint density at radius 1 is 1.18 bits per heavy atom. The smallest absolute Gasteiger partial charge is 0.225 e. The van der Waals surface area contributed by atoms with Crippen LogP contribution in [0.3, 0.4) is 0 Å². The number of hydrogen-bond donors (Lipinski definition) is 1. The predicted octanol–water partition coefficient (Wildman–Crippen LogP) is 3.43. The molecular formula is C19H21NO2. The van der Waals surface area contributed by atoms with Crippen molar-refractivity contribution >= 4 is 5.91 Å². The van der Waals surface area contributed by atoms with E-state index in [1.807, 2.05) is 30.3 Å². The number of carbonyl (C=O) groups excluding carboxylic acids is 1. The molecule has 1 atom stereocenters. The average molecular weight is 295 g/mol. The average Bonchev–Trinajstić information content (AvgIpc) is 2.55. The van der Waals surface area contributed by atoms with E-state index in [2.05, 4.69) is 23.5 Å². The molecule has 0 fully saturated rings. The van der Waals surface area contributed by atoms with E-state index < -0.39 is 0 Å². The van der Waals surface area contributed by atoms with Crippen LogP contribution >= 0.6 is 0 Å². The number of para-hydroxylation sites is 1. The largest absolute Gasteiger partial charge is 0.496 e. The van der Waals surface area contributed by atoms with Crippen LogP contribution in [-0.4, -0.2) is 13.0 Å². The van der Waals surface area contributed by atoms with Crippen molar-refractivity contribution < 1.29 is 9.53 Å². The zero-order valence-electron chi connectivity index (χ0n) is 12.8. The van der Waals surface area contributed by atoms with Crippen LogP contribution in [0.4, 0.5) is 0 Å². The van der Waals surface area contributed by atoms with E-state index in [1.54, 1.807) is 7.11 Å². The zero-order chi connectivity index (χ0) is 15.4. The second-order valence-corrected chi connectivity index (χ2v) is 5.70. The van der Waals surface area contributed by atoms with E-state index in [4.69, 9.17) is 4.74 Å². The predicted molar refractivity (Wildman–Crippen MR) is 87.0 cm³/mol. The number of fused-ring (bicyclic) bond motifs is 1. The van der Waals surface area contributed by atoms with Crippen molar-refractivity contribution in [3.8, 4) is 5.75 Å². The van der Waals surface area contributed by atoms with Gasteiger partial charge in [-0.15, -0.1) is 0 Å². The molecule has 0 aliphatic heterocycles. The highest BCUT2D eigenvalue weighted by atomic mass is 16.5. The van der Waals surface area contributed by atoms with Crippen LogP contribution in [0.15, 0.2) is 48.5 Å². The van der Waals surface area contributed by atoms with Gasteiger partial charge in [0, 0.05) is 5.56 Å². The summed E-state index contributed by atoms with van der Waals surface area (Å²) in [7, 11) is 1.63. The molecule has 0 bridgehead atoms. The lowest BCUT2D eigenvalue weighted by Crippen LogP contribution is -2.32. The van der Waals surface area contributed by atoms with Crippen molar-refractivity contribution in [2.75, 3.05) is 7.11 Å². The van der Waals surface area contributed by atoms with Gasteiger partial charge < -0.3 is 10.1 Å². The molecule has 1 amide bonds. The molecule has 0 aromatic heterocycles. The molecule has 114 valence electrons. The van der Waals surface area contributed by atoms with Crippen molar-refractivity contribution in [3.05, 3.63) is 65.2 Å². The molecule has 22 heavy (non-hydrogen) atoms. The van der Waals surface area contributed by atoms with E-state index >= 15 is 0 Å². The number of ether oxygens (including phenoxy) is 1. The number of benzene rings is 2. The van der Waals surface area contributed by atoms with Gasteiger partial charge in [0.1, 0.15) is 5.75 Å². The van der Waals surface area contributed by atoms with E-state index in [1.165, 1.54) is 11.1 Å². The maximum Gasteiger partial charge on any atom is 0.225 e. The number of amides is 1. The molecule has 0 saturated heterocycles. The van der Waals surface area contributed by atoms with Crippen LogP contribution in [0, 0.1) is 0 Å².